The summed E-state index contributed by atoms with van der Waals surface area (Å²) in [5, 5.41) is 72.3. The number of thiocarbonyl (C=S) groups is 1. The van der Waals surface area contributed by atoms with Crippen LogP contribution >= 0.6 is 12.2 Å². The number of phenols is 1. The topological polar surface area (TPSA) is 410 Å². The summed E-state index contributed by atoms with van der Waals surface area (Å²) in [4.78, 5) is 141. The first-order chi connectivity index (χ1) is 43.1. The Morgan fingerprint density at radius 2 is 1.03 bits per heavy atom. The van der Waals surface area contributed by atoms with Crippen molar-refractivity contribution in [2.45, 2.75) is 75.2 Å². The third kappa shape index (κ3) is 19.7. The lowest BCUT2D eigenvalue weighted by Crippen LogP contribution is -2.56. The van der Waals surface area contributed by atoms with Gasteiger partial charge < -0.3 is 77.8 Å². The number of phenolic OH excluding ortho intramolecular Hbond substituents is 1. The van der Waals surface area contributed by atoms with Gasteiger partial charge >= 0.3 is 29.9 Å². The Kier molecular flexibility index (Phi) is 23.5. The van der Waals surface area contributed by atoms with Crippen molar-refractivity contribution in [3.05, 3.63) is 178 Å². The molecule has 1 aliphatic heterocycles. The maximum absolute atomic E-state index is 14.5. The summed E-state index contributed by atoms with van der Waals surface area (Å²) in [5.74, 6) is -9.25. The first kappa shape index (κ1) is 66.3. The minimum Gasteiger partial charge on any atom is -0.508 e. The summed E-state index contributed by atoms with van der Waals surface area (Å²) in [5.41, 5.74) is 3.03. The number of hydrogen-bond acceptors (Lipinski definition) is 14. The second-order valence-electron chi connectivity index (χ2n) is 20.5. The zero-order valence-corrected chi connectivity index (χ0v) is 48.7. The Labute approximate surface area is 518 Å². The molecule has 5 aromatic rings. The summed E-state index contributed by atoms with van der Waals surface area (Å²) in [6, 6.07) is 31.0. The van der Waals surface area contributed by atoms with Crippen LogP contribution in [0.15, 0.2) is 155 Å². The first-order valence-electron chi connectivity index (χ1n) is 28.0. The van der Waals surface area contributed by atoms with Gasteiger partial charge in [-0.3, -0.25) is 33.6 Å². The molecule has 27 heteroatoms. The molecular weight excluding hydrogens is 1190 g/mol. The molecule has 2 aliphatic rings. The number of anilines is 1. The van der Waals surface area contributed by atoms with Gasteiger partial charge in [-0.2, -0.15) is 0 Å². The average Bonchev–Trinajstić information content (AvgIpc) is 0.827. The fourth-order valence-corrected chi connectivity index (χ4v) is 9.75. The molecule has 90 heavy (non-hydrogen) atoms. The lowest BCUT2D eigenvalue weighted by Gasteiger charge is -2.25. The smallest absolute Gasteiger partial charge is 0.336 e. The Bertz CT molecular complexity index is 3820. The summed E-state index contributed by atoms with van der Waals surface area (Å²) in [6.45, 7) is -0.876. The number of carbonyl (C=O) groups is 10. The zero-order valence-electron chi connectivity index (χ0n) is 47.9. The molecule has 0 saturated carbocycles. The standard InChI is InChI=1S/C63H63N9O17S/c73-39-17-20-42-50(32-39)89-51-33-40(74)18-21-43(51)55(42)41-19-16-38(31-44(41)59(82)83)67-63(90)72-49(30-37-14-8-3-9-15-37)58(81)69-48(29-36-12-6-2-7-13-36)57(80)66-34-53(76)64-26-27-65-56(79)47(28-35-10-4-1-5-11-35)68-52(75)24-22-45(60(84)85)70-62(88)71-46(61(86)87)23-25-54(77)78/h1-21,31-33,45-49,73H,22-30,34H2,(H,64,76)(H,65,79)(H,66,80)(H,68,75)(H,69,81)(H,77,78)(H,82,83)(H,84,85)(H,86,87)(H2,67,72,90)(H2,70,71,88)/t45-,46-,47-,48?,49-/m0/s1. The number of nitrogens with one attached hydrogen (secondary N) is 9. The van der Waals surface area contributed by atoms with Crippen molar-refractivity contribution < 1.29 is 77.9 Å². The molecule has 5 aromatic carbocycles. The van der Waals surface area contributed by atoms with E-state index >= 15 is 0 Å². The molecule has 14 N–H and O–H groups in total. The number of aromatic hydroxyl groups is 1. The van der Waals surface area contributed by atoms with Crippen molar-refractivity contribution in [3.63, 3.8) is 0 Å². The molecule has 1 aliphatic carbocycles. The summed E-state index contributed by atoms with van der Waals surface area (Å²) in [7, 11) is 0. The van der Waals surface area contributed by atoms with Crippen LogP contribution in [0.3, 0.4) is 0 Å². The fraction of sp³-hybridized carbons (Fsp3) is 0.238. The minimum absolute atomic E-state index is 0.0160. The molecule has 1 unspecified atom stereocenters. The molecule has 5 atom stereocenters. The number of carboxylic acids is 4. The van der Waals surface area contributed by atoms with Gasteiger partial charge in [0.05, 0.1) is 12.1 Å². The maximum atomic E-state index is 14.5. The van der Waals surface area contributed by atoms with E-state index in [-0.39, 0.29) is 76.8 Å². The third-order valence-electron chi connectivity index (χ3n) is 13.9. The Balaban J connectivity index is 0.963. The second-order valence-corrected chi connectivity index (χ2v) is 20.9. The normalized spacial score (nSPS) is 12.5. The number of aliphatic carboxylic acids is 3. The van der Waals surface area contributed by atoms with Crippen molar-refractivity contribution in [1.82, 2.24) is 42.5 Å². The van der Waals surface area contributed by atoms with Gasteiger partial charge in [-0.25, -0.2) is 19.2 Å². The molecular formula is C63H63N9O17S. The molecule has 0 fully saturated rings. The molecule has 26 nitrogen and oxygen atoms in total. The highest BCUT2D eigenvalue weighted by Crippen LogP contribution is 2.42. The summed E-state index contributed by atoms with van der Waals surface area (Å²) >= 11 is 5.72. The van der Waals surface area contributed by atoms with E-state index in [1.165, 1.54) is 36.4 Å². The minimum atomic E-state index is -1.70. The van der Waals surface area contributed by atoms with E-state index in [2.05, 4.69) is 42.5 Å². The Morgan fingerprint density at radius 3 is 1.60 bits per heavy atom. The SMILES string of the molecule is O=C(O)CC[C@H](NC(=O)N[C@@H](CCC(=O)N[C@@H](Cc1ccccc1)C(=O)NCCNC(=O)CNC(=O)C(Cc1ccccc1)NC(=O)[C@H](Cc1ccccc1)NC(=S)Nc1ccc(-c2c3ccc(=O)cc-3oc3cc(O)ccc23)c(C(=O)O)c1)C(=O)O)C(=O)O. The Hall–Kier alpha value is -11.2. The second kappa shape index (κ2) is 32.0. The van der Waals surface area contributed by atoms with E-state index in [0.29, 0.717) is 33.2 Å². The van der Waals surface area contributed by atoms with Crippen LogP contribution in [0.25, 0.3) is 33.4 Å². The average molecular weight is 1250 g/mol. The van der Waals surface area contributed by atoms with Crippen LogP contribution < -0.4 is 53.3 Å². The van der Waals surface area contributed by atoms with Crippen molar-refractivity contribution in [2.75, 3.05) is 25.0 Å². The van der Waals surface area contributed by atoms with Gasteiger partial charge in [0.2, 0.25) is 29.5 Å². The van der Waals surface area contributed by atoms with Crippen LogP contribution in [0, 0.1) is 0 Å². The van der Waals surface area contributed by atoms with Gasteiger partial charge in [0.25, 0.3) is 0 Å². The van der Waals surface area contributed by atoms with Crippen LogP contribution in [0.5, 0.6) is 5.75 Å². The summed E-state index contributed by atoms with van der Waals surface area (Å²) in [6.07, 6.45) is -2.08. The van der Waals surface area contributed by atoms with Crippen LogP contribution in [-0.2, 0) is 57.6 Å². The zero-order chi connectivity index (χ0) is 64.9. The van der Waals surface area contributed by atoms with Crippen molar-refractivity contribution in [3.8, 4) is 28.2 Å². The van der Waals surface area contributed by atoms with E-state index in [9.17, 15) is 73.2 Å². The highest BCUT2D eigenvalue weighted by Gasteiger charge is 2.30. The summed E-state index contributed by atoms with van der Waals surface area (Å²) < 4.78 is 5.95. The molecule has 0 spiro atoms. The van der Waals surface area contributed by atoms with E-state index in [4.69, 9.17) is 21.7 Å². The van der Waals surface area contributed by atoms with E-state index in [1.807, 2.05) is 5.32 Å². The molecule has 0 saturated heterocycles. The van der Waals surface area contributed by atoms with Gasteiger partial charge in [0.1, 0.15) is 47.3 Å². The molecule has 1 heterocycles. The van der Waals surface area contributed by atoms with E-state index in [1.54, 1.807) is 109 Å². The molecule has 0 radical (unpaired) electrons. The molecule has 0 bridgehead atoms. The van der Waals surface area contributed by atoms with E-state index in [0.717, 1.165) is 0 Å². The number of urea groups is 1. The molecule has 7 rings (SSSR count). The Morgan fingerprint density at radius 1 is 0.500 bits per heavy atom. The van der Waals surface area contributed by atoms with Crippen molar-refractivity contribution in [2.24, 2.45) is 0 Å². The van der Waals surface area contributed by atoms with Crippen LogP contribution in [-0.4, -0.2) is 140 Å². The van der Waals surface area contributed by atoms with Gasteiger partial charge in [0, 0.05) is 79.5 Å². The van der Waals surface area contributed by atoms with Gasteiger partial charge in [-0.05, 0) is 83.7 Å². The number of carboxylic acid groups (broad SMARTS) is 4. The highest BCUT2D eigenvalue weighted by atomic mass is 32.1. The largest absolute Gasteiger partial charge is 0.508 e. The maximum Gasteiger partial charge on any atom is 0.336 e. The number of rotatable bonds is 30. The number of benzene rings is 6. The number of amides is 7. The van der Waals surface area contributed by atoms with E-state index < -0.39 is 122 Å². The fourth-order valence-electron chi connectivity index (χ4n) is 9.49. The first-order valence-corrected chi connectivity index (χ1v) is 28.4. The molecule has 7 amide bonds. The molecule has 0 aromatic heterocycles. The lowest BCUT2D eigenvalue weighted by atomic mass is 9.90. The predicted octanol–water partition coefficient (Wildman–Crippen LogP) is 3.52. The number of aromatic carboxylic acids is 1. The number of hydrogen-bond donors (Lipinski definition) is 14. The van der Waals surface area contributed by atoms with Gasteiger partial charge in [0.15, 0.2) is 10.5 Å². The monoisotopic (exact) mass is 1250 g/mol. The predicted molar refractivity (Wildman–Crippen MR) is 330 cm³/mol. The van der Waals surface area contributed by atoms with Crippen LogP contribution in [0.2, 0.25) is 0 Å². The number of fused-ring (bicyclic) bond motifs is 2. The van der Waals surface area contributed by atoms with Crippen molar-refractivity contribution >= 4 is 93.4 Å². The highest BCUT2D eigenvalue weighted by molar-refractivity contribution is 7.80. The van der Waals surface area contributed by atoms with Crippen molar-refractivity contribution in [1.29, 1.82) is 0 Å². The van der Waals surface area contributed by atoms with Gasteiger partial charge in [-0.15, -0.1) is 0 Å². The lowest BCUT2D eigenvalue weighted by molar-refractivity contribution is -0.141. The van der Waals surface area contributed by atoms with Crippen LogP contribution in [0.1, 0.15) is 52.7 Å². The third-order valence-corrected chi connectivity index (χ3v) is 14.1. The molecule has 468 valence electrons. The van der Waals surface area contributed by atoms with Crippen LogP contribution in [0.4, 0.5) is 10.5 Å². The quantitative estimate of drug-likeness (QED) is 0.0174. The van der Waals surface area contributed by atoms with Gasteiger partial charge in [-0.1, -0.05) is 97.1 Å². The number of carbonyl (C=O) groups excluding carboxylic acids is 6.